The molecule has 0 spiro atoms. The van der Waals surface area contributed by atoms with Crippen LogP contribution in [0.25, 0.3) is 22.3 Å². The lowest BCUT2D eigenvalue weighted by atomic mass is 9.99. The number of amides is 1. The first-order valence-corrected chi connectivity index (χ1v) is 12.8. The van der Waals surface area contributed by atoms with Crippen molar-refractivity contribution < 1.29 is 55.2 Å². The van der Waals surface area contributed by atoms with Gasteiger partial charge in [0.25, 0.3) is 5.91 Å². The van der Waals surface area contributed by atoms with Gasteiger partial charge in [0.05, 0.1) is 6.42 Å². The summed E-state index contributed by atoms with van der Waals surface area (Å²) in [5.74, 6) is -1.97. The number of carboxylic acids is 1. The number of carbonyl (C=O) groups is 2. The Balaban J connectivity index is 1.57. The predicted octanol–water partition coefficient (Wildman–Crippen LogP) is 7.60. The Hall–Kier alpha value is -5.20. The van der Waals surface area contributed by atoms with Gasteiger partial charge in [0.15, 0.2) is 0 Å². The van der Waals surface area contributed by atoms with E-state index in [0.717, 1.165) is 24.3 Å². The van der Waals surface area contributed by atoms with E-state index in [4.69, 9.17) is 9.84 Å². The molecule has 1 amide bonds. The summed E-state index contributed by atoms with van der Waals surface area (Å²) in [5, 5.41) is 11.2. The molecule has 7 nitrogen and oxygen atoms in total. The van der Waals surface area contributed by atoms with Crippen molar-refractivity contribution in [3.05, 3.63) is 102 Å². The minimum absolute atomic E-state index is 0.0188. The zero-order valence-electron chi connectivity index (χ0n) is 22.5. The monoisotopic (exact) mass is 619 g/mol. The molecule has 0 heterocycles. The summed E-state index contributed by atoms with van der Waals surface area (Å²) < 4.78 is 89.4. The van der Waals surface area contributed by atoms with Crippen LogP contribution in [-0.4, -0.2) is 36.3 Å². The molecule has 13 heteroatoms. The number of hydrogen-bond donors (Lipinski definition) is 2. The second kappa shape index (κ2) is 13.4. The number of carbonyl (C=O) groups excluding carboxylic acids is 1. The molecule has 0 aliphatic carbocycles. The molecule has 4 rings (SSSR count). The first kappa shape index (κ1) is 31.7. The van der Waals surface area contributed by atoms with Crippen LogP contribution < -0.4 is 19.5 Å². The van der Waals surface area contributed by atoms with Crippen molar-refractivity contribution in [1.29, 1.82) is 0 Å². The van der Waals surface area contributed by atoms with Crippen molar-refractivity contribution in [3.8, 4) is 39.5 Å². The topological polar surface area (TPSA) is 94.1 Å². The number of rotatable bonds is 11. The summed E-state index contributed by atoms with van der Waals surface area (Å²) in [6.07, 6.45) is -9.91. The Kier molecular flexibility index (Phi) is 9.67. The van der Waals surface area contributed by atoms with Crippen LogP contribution in [0.4, 0.5) is 26.3 Å². The van der Waals surface area contributed by atoms with E-state index in [9.17, 15) is 35.9 Å². The normalized spacial score (nSPS) is 11.5. The molecule has 0 saturated heterocycles. The highest BCUT2D eigenvalue weighted by atomic mass is 19.4. The minimum Gasteiger partial charge on any atom is -0.488 e. The molecular formula is C31H23F6NO6. The maximum Gasteiger partial charge on any atom is 0.573 e. The summed E-state index contributed by atoms with van der Waals surface area (Å²) in [7, 11) is 0. The van der Waals surface area contributed by atoms with Crippen molar-refractivity contribution >= 4 is 11.9 Å². The number of aliphatic carboxylic acids is 1. The Labute approximate surface area is 246 Å². The van der Waals surface area contributed by atoms with Crippen molar-refractivity contribution in [2.45, 2.75) is 25.8 Å². The molecule has 44 heavy (non-hydrogen) atoms. The Bertz CT molecular complexity index is 1580. The molecule has 0 atom stereocenters. The van der Waals surface area contributed by atoms with Crippen molar-refractivity contribution in [3.63, 3.8) is 0 Å². The molecular weight excluding hydrogens is 596 g/mol. The first-order chi connectivity index (χ1) is 20.8. The number of ether oxygens (including phenoxy) is 3. The van der Waals surface area contributed by atoms with E-state index in [2.05, 4.69) is 14.8 Å². The van der Waals surface area contributed by atoms with Gasteiger partial charge in [-0.05, 0) is 64.7 Å². The minimum atomic E-state index is -4.85. The zero-order valence-corrected chi connectivity index (χ0v) is 22.5. The van der Waals surface area contributed by atoms with E-state index in [1.807, 2.05) is 0 Å². The average molecular weight is 620 g/mol. The summed E-state index contributed by atoms with van der Waals surface area (Å²) in [6, 6.07) is 21.7. The van der Waals surface area contributed by atoms with Crippen LogP contribution in [-0.2, 0) is 11.4 Å². The van der Waals surface area contributed by atoms with Gasteiger partial charge in [0, 0.05) is 17.7 Å². The van der Waals surface area contributed by atoms with E-state index in [-0.39, 0.29) is 19.6 Å². The molecule has 0 aliphatic rings. The van der Waals surface area contributed by atoms with Gasteiger partial charge in [-0.1, -0.05) is 48.5 Å². The predicted molar refractivity (Wildman–Crippen MR) is 146 cm³/mol. The summed E-state index contributed by atoms with van der Waals surface area (Å²) in [4.78, 5) is 22.8. The molecule has 2 N–H and O–H groups in total. The van der Waals surface area contributed by atoms with E-state index in [0.29, 0.717) is 39.1 Å². The fraction of sp³-hybridized carbons (Fsp3) is 0.161. The molecule has 230 valence electrons. The molecule has 4 aromatic carbocycles. The third-order valence-electron chi connectivity index (χ3n) is 6.04. The van der Waals surface area contributed by atoms with Gasteiger partial charge in [-0.3, -0.25) is 9.59 Å². The van der Waals surface area contributed by atoms with Crippen LogP contribution >= 0.6 is 0 Å². The second-order valence-electron chi connectivity index (χ2n) is 9.24. The number of halogens is 6. The van der Waals surface area contributed by atoms with Crippen molar-refractivity contribution in [2.75, 3.05) is 6.54 Å². The molecule has 0 bridgehead atoms. The van der Waals surface area contributed by atoms with Gasteiger partial charge in [-0.15, -0.1) is 26.3 Å². The lowest BCUT2D eigenvalue weighted by Crippen LogP contribution is -2.25. The first-order valence-electron chi connectivity index (χ1n) is 12.8. The fourth-order valence-electron chi connectivity index (χ4n) is 4.04. The quantitative estimate of drug-likeness (QED) is 0.168. The molecule has 0 fully saturated rings. The lowest BCUT2D eigenvalue weighted by Gasteiger charge is -2.15. The van der Waals surface area contributed by atoms with Crippen LogP contribution in [0.5, 0.6) is 17.2 Å². The Morgan fingerprint density at radius 2 is 1.20 bits per heavy atom. The average Bonchev–Trinajstić information content (AvgIpc) is 2.95. The number of benzene rings is 4. The fourth-order valence-corrected chi connectivity index (χ4v) is 4.04. The van der Waals surface area contributed by atoms with Crippen LogP contribution in [0, 0.1) is 0 Å². The number of alkyl halides is 6. The summed E-state index contributed by atoms with van der Waals surface area (Å²) in [5.41, 5.74) is 3.10. The molecule has 0 aliphatic heterocycles. The summed E-state index contributed by atoms with van der Waals surface area (Å²) in [6.45, 7) is -0.00939. The third-order valence-corrected chi connectivity index (χ3v) is 6.04. The van der Waals surface area contributed by atoms with E-state index >= 15 is 0 Å². The second-order valence-corrected chi connectivity index (χ2v) is 9.24. The van der Waals surface area contributed by atoms with Crippen LogP contribution in [0.2, 0.25) is 0 Å². The highest BCUT2D eigenvalue weighted by molar-refractivity contribution is 5.94. The van der Waals surface area contributed by atoms with Gasteiger partial charge >= 0.3 is 18.7 Å². The zero-order chi connectivity index (χ0) is 31.9. The Morgan fingerprint density at radius 3 is 1.73 bits per heavy atom. The summed E-state index contributed by atoms with van der Waals surface area (Å²) >= 11 is 0. The maximum atomic E-state index is 12.6. The van der Waals surface area contributed by atoms with Gasteiger partial charge in [0.2, 0.25) is 0 Å². The smallest absolute Gasteiger partial charge is 0.488 e. The van der Waals surface area contributed by atoms with E-state index < -0.39 is 36.1 Å². The van der Waals surface area contributed by atoms with E-state index in [1.54, 1.807) is 30.3 Å². The highest BCUT2D eigenvalue weighted by Gasteiger charge is 2.31. The standard InChI is InChI=1S/C31H23F6NO6/c32-30(33,34)43-24-10-5-20(6-11-24)23-9-14-26(21-7-12-25(13-8-21)44-31(35,36)37)27(17-23)42-18-19-1-3-22(4-2-19)29(41)38-16-15-28(39)40/h1-14,17H,15-16,18H2,(H,38,41)(H,39,40). The number of hydrogen-bond acceptors (Lipinski definition) is 5. The molecule has 0 unspecified atom stereocenters. The molecule has 4 aromatic rings. The lowest BCUT2D eigenvalue weighted by molar-refractivity contribution is -0.275. The number of nitrogens with one attached hydrogen (secondary N) is 1. The molecule has 0 saturated carbocycles. The van der Waals surface area contributed by atoms with Crippen LogP contribution in [0.3, 0.4) is 0 Å². The maximum absolute atomic E-state index is 12.6. The van der Waals surface area contributed by atoms with Crippen LogP contribution in [0.15, 0.2) is 91.0 Å². The largest absolute Gasteiger partial charge is 0.573 e. The third kappa shape index (κ3) is 9.41. The van der Waals surface area contributed by atoms with Gasteiger partial charge < -0.3 is 24.6 Å². The molecule has 0 radical (unpaired) electrons. The molecule has 0 aromatic heterocycles. The van der Waals surface area contributed by atoms with E-state index in [1.165, 1.54) is 36.4 Å². The van der Waals surface area contributed by atoms with Gasteiger partial charge in [-0.2, -0.15) is 0 Å². The van der Waals surface area contributed by atoms with Crippen molar-refractivity contribution in [1.82, 2.24) is 5.32 Å². The SMILES string of the molecule is O=C(O)CCNC(=O)c1ccc(COc2cc(-c3ccc(OC(F)(F)F)cc3)ccc2-c2ccc(OC(F)(F)F)cc2)cc1. The number of carboxylic acid groups (broad SMARTS) is 1. The highest BCUT2D eigenvalue weighted by Crippen LogP contribution is 2.37. The van der Waals surface area contributed by atoms with Crippen LogP contribution in [0.1, 0.15) is 22.3 Å². The van der Waals surface area contributed by atoms with Gasteiger partial charge in [-0.25, -0.2) is 0 Å². The van der Waals surface area contributed by atoms with Crippen molar-refractivity contribution in [2.24, 2.45) is 0 Å². The van der Waals surface area contributed by atoms with Gasteiger partial charge in [0.1, 0.15) is 23.9 Å². The Morgan fingerprint density at radius 1 is 0.682 bits per heavy atom.